The Bertz CT molecular complexity index is 467. The van der Waals surface area contributed by atoms with E-state index < -0.39 is 0 Å². The number of hydrogen-bond acceptors (Lipinski definition) is 4. The lowest BCUT2D eigenvalue weighted by molar-refractivity contribution is 0.282. The van der Waals surface area contributed by atoms with E-state index in [1.165, 1.54) is 10.4 Å². The molecule has 19 heavy (non-hydrogen) atoms. The molecule has 1 aromatic carbocycles. The fraction of sp³-hybridized carbons (Fsp3) is 0.400. The van der Waals surface area contributed by atoms with Crippen LogP contribution in [0.5, 0.6) is 0 Å². The molecule has 2 unspecified atom stereocenters. The first-order valence-corrected chi connectivity index (χ1v) is 7.39. The predicted octanol–water partition coefficient (Wildman–Crippen LogP) is 3.10. The number of nitrogens with one attached hydrogen (secondary N) is 1. The van der Waals surface area contributed by atoms with Crippen molar-refractivity contribution in [1.82, 2.24) is 15.2 Å². The second kappa shape index (κ2) is 6.80. The molecule has 2 rings (SSSR count). The molecule has 0 aliphatic heterocycles. The van der Waals surface area contributed by atoms with E-state index >= 15 is 0 Å². The van der Waals surface area contributed by atoms with Gasteiger partial charge >= 0.3 is 0 Å². The number of benzene rings is 1. The zero-order valence-electron chi connectivity index (χ0n) is 11.7. The van der Waals surface area contributed by atoms with Crippen LogP contribution in [0.2, 0.25) is 0 Å². The lowest BCUT2D eigenvalue weighted by atomic mass is 10.1. The van der Waals surface area contributed by atoms with Crippen molar-refractivity contribution in [2.45, 2.75) is 19.0 Å². The van der Waals surface area contributed by atoms with E-state index in [0.29, 0.717) is 12.1 Å². The van der Waals surface area contributed by atoms with Crippen LogP contribution in [0.25, 0.3) is 0 Å². The molecule has 0 radical (unpaired) electrons. The predicted molar refractivity (Wildman–Crippen MR) is 81.4 cm³/mol. The summed E-state index contributed by atoms with van der Waals surface area (Å²) in [5.41, 5.74) is 3.23. The van der Waals surface area contributed by atoms with Crippen LogP contribution >= 0.6 is 11.3 Å². The maximum absolute atomic E-state index is 4.13. The van der Waals surface area contributed by atoms with Crippen LogP contribution in [0.4, 0.5) is 0 Å². The smallest absolute Gasteiger partial charge is 0.0794 e. The lowest BCUT2D eigenvalue weighted by Gasteiger charge is -2.26. The van der Waals surface area contributed by atoms with Crippen molar-refractivity contribution >= 4 is 11.3 Å². The molecule has 2 aromatic rings. The third kappa shape index (κ3) is 3.86. The number of thiazole rings is 1. The number of hydrogen-bond donors (Lipinski definition) is 1. The molecule has 0 aliphatic carbocycles. The Labute approximate surface area is 119 Å². The van der Waals surface area contributed by atoms with Crippen molar-refractivity contribution in [1.29, 1.82) is 0 Å². The summed E-state index contributed by atoms with van der Waals surface area (Å²) in [7, 11) is 4.24. The quantitative estimate of drug-likeness (QED) is 0.878. The highest BCUT2D eigenvalue weighted by molar-refractivity contribution is 7.09. The van der Waals surface area contributed by atoms with E-state index in [0.717, 1.165) is 6.54 Å². The van der Waals surface area contributed by atoms with Crippen LogP contribution < -0.4 is 5.32 Å². The highest BCUT2D eigenvalue weighted by Crippen LogP contribution is 2.20. The first kappa shape index (κ1) is 14.2. The average Bonchev–Trinajstić information content (AvgIpc) is 2.93. The van der Waals surface area contributed by atoms with Gasteiger partial charge in [0.05, 0.1) is 5.51 Å². The van der Waals surface area contributed by atoms with E-state index in [-0.39, 0.29) is 0 Å². The van der Waals surface area contributed by atoms with Crippen LogP contribution in [0, 0.1) is 0 Å². The van der Waals surface area contributed by atoms with E-state index in [2.05, 4.69) is 66.6 Å². The summed E-state index contributed by atoms with van der Waals surface area (Å²) < 4.78 is 0. The van der Waals surface area contributed by atoms with Gasteiger partial charge in [0.25, 0.3) is 0 Å². The zero-order valence-corrected chi connectivity index (χ0v) is 12.5. The van der Waals surface area contributed by atoms with Gasteiger partial charge in [-0.2, -0.15) is 0 Å². The number of aromatic nitrogens is 1. The molecular formula is C15H21N3S. The van der Waals surface area contributed by atoms with Gasteiger partial charge in [-0.3, -0.25) is 4.98 Å². The average molecular weight is 275 g/mol. The van der Waals surface area contributed by atoms with Gasteiger partial charge in [0, 0.05) is 29.7 Å². The molecule has 0 fully saturated rings. The monoisotopic (exact) mass is 275 g/mol. The van der Waals surface area contributed by atoms with Gasteiger partial charge in [0.2, 0.25) is 0 Å². The molecule has 1 aromatic heterocycles. The maximum Gasteiger partial charge on any atom is 0.0794 e. The van der Waals surface area contributed by atoms with Crippen LogP contribution in [0.3, 0.4) is 0 Å². The molecule has 0 saturated heterocycles. The molecule has 0 amide bonds. The van der Waals surface area contributed by atoms with Gasteiger partial charge in [-0.15, -0.1) is 11.3 Å². The molecule has 102 valence electrons. The van der Waals surface area contributed by atoms with Crippen LogP contribution in [0.15, 0.2) is 42.0 Å². The highest BCUT2D eigenvalue weighted by atomic mass is 32.1. The Morgan fingerprint density at radius 2 is 2.00 bits per heavy atom. The second-order valence-electron chi connectivity index (χ2n) is 4.92. The Morgan fingerprint density at radius 3 is 2.58 bits per heavy atom. The molecule has 4 heteroatoms. The van der Waals surface area contributed by atoms with Gasteiger partial charge in [0.1, 0.15) is 0 Å². The van der Waals surface area contributed by atoms with E-state index in [9.17, 15) is 0 Å². The summed E-state index contributed by atoms with van der Waals surface area (Å²) >= 11 is 1.70. The zero-order chi connectivity index (χ0) is 13.7. The van der Waals surface area contributed by atoms with Gasteiger partial charge < -0.3 is 10.2 Å². The molecule has 0 aliphatic rings. The SMILES string of the molecule is CC(NCC(c1ccccc1)N(C)C)c1cncs1. The summed E-state index contributed by atoms with van der Waals surface area (Å²) in [6, 6.07) is 11.4. The Hall–Kier alpha value is -1.23. The number of nitrogens with zero attached hydrogens (tertiary/aromatic N) is 2. The number of likely N-dealkylation sites (N-methyl/N-ethyl adjacent to an activating group) is 1. The first-order chi connectivity index (χ1) is 9.18. The molecule has 0 spiro atoms. The molecule has 0 bridgehead atoms. The highest BCUT2D eigenvalue weighted by Gasteiger charge is 2.15. The normalized spacial score (nSPS) is 14.5. The minimum atomic E-state index is 0.346. The molecule has 2 atom stereocenters. The summed E-state index contributed by atoms with van der Waals surface area (Å²) in [6.45, 7) is 3.11. The largest absolute Gasteiger partial charge is 0.308 e. The van der Waals surface area contributed by atoms with Crippen LogP contribution in [-0.2, 0) is 0 Å². The van der Waals surface area contributed by atoms with Crippen molar-refractivity contribution in [3.05, 3.63) is 52.5 Å². The molecule has 0 saturated carbocycles. The van der Waals surface area contributed by atoms with E-state index in [1.807, 2.05) is 11.7 Å². The third-order valence-electron chi connectivity index (χ3n) is 3.30. The van der Waals surface area contributed by atoms with Gasteiger partial charge in [0.15, 0.2) is 0 Å². The summed E-state index contributed by atoms with van der Waals surface area (Å²) in [6.07, 6.45) is 1.94. The van der Waals surface area contributed by atoms with Gasteiger partial charge in [-0.1, -0.05) is 30.3 Å². The Kier molecular flexibility index (Phi) is 5.07. The van der Waals surface area contributed by atoms with Crippen molar-refractivity contribution in [3.8, 4) is 0 Å². The minimum Gasteiger partial charge on any atom is -0.308 e. The van der Waals surface area contributed by atoms with E-state index in [4.69, 9.17) is 0 Å². The van der Waals surface area contributed by atoms with Crippen molar-refractivity contribution in [2.75, 3.05) is 20.6 Å². The first-order valence-electron chi connectivity index (χ1n) is 6.51. The van der Waals surface area contributed by atoms with Crippen molar-refractivity contribution < 1.29 is 0 Å². The maximum atomic E-state index is 4.13. The van der Waals surface area contributed by atoms with Crippen LogP contribution in [-0.4, -0.2) is 30.5 Å². The summed E-state index contributed by atoms with van der Waals surface area (Å²) in [5, 5.41) is 3.59. The Balaban J connectivity index is 1.98. The summed E-state index contributed by atoms with van der Waals surface area (Å²) in [4.78, 5) is 7.67. The topological polar surface area (TPSA) is 28.2 Å². The fourth-order valence-corrected chi connectivity index (χ4v) is 2.75. The third-order valence-corrected chi connectivity index (χ3v) is 4.26. The van der Waals surface area contributed by atoms with Crippen LogP contribution in [0.1, 0.15) is 29.4 Å². The molecular weight excluding hydrogens is 254 g/mol. The standard InChI is InChI=1S/C15H21N3S/c1-12(15-10-16-11-19-15)17-9-14(18(2)3)13-7-5-4-6-8-13/h4-8,10-12,14,17H,9H2,1-3H3. The van der Waals surface area contributed by atoms with Crippen molar-refractivity contribution in [2.24, 2.45) is 0 Å². The Morgan fingerprint density at radius 1 is 1.26 bits per heavy atom. The van der Waals surface area contributed by atoms with E-state index in [1.54, 1.807) is 11.3 Å². The fourth-order valence-electron chi connectivity index (χ4n) is 2.10. The minimum absolute atomic E-state index is 0.346. The molecule has 1 heterocycles. The molecule has 3 nitrogen and oxygen atoms in total. The lowest BCUT2D eigenvalue weighted by Crippen LogP contribution is -2.32. The number of rotatable bonds is 6. The van der Waals surface area contributed by atoms with Crippen molar-refractivity contribution in [3.63, 3.8) is 0 Å². The second-order valence-corrected chi connectivity index (χ2v) is 5.84. The molecule has 1 N–H and O–H groups in total. The van der Waals surface area contributed by atoms with Gasteiger partial charge in [-0.05, 0) is 26.6 Å². The van der Waals surface area contributed by atoms with Gasteiger partial charge in [-0.25, -0.2) is 0 Å². The summed E-state index contributed by atoms with van der Waals surface area (Å²) in [5.74, 6) is 0.